The Kier molecular flexibility index (Phi) is 2.87. The molecule has 1 aliphatic rings. The minimum Gasteiger partial charge on any atom is -0.398 e. The quantitative estimate of drug-likeness (QED) is 0.730. The molecule has 2 rings (SSSR count). The van der Waals surface area contributed by atoms with Crippen molar-refractivity contribution in [2.24, 2.45) is 5.92 Å². The maximum atomic E-state index is 9.24. The largest absolute Gasteiger partial charge is 0.398 e. The summed E-state index contributed by atoms with van der Waals surface area (Å²) in [6.45, 7) is 4.45. The van der Waals surface area contributed by atoms with Crippen LogP contribution < -0.4 is 5.73 Å². The van der Waals surface area contributed by atoms with Crippen LogP contribution in [0.5, 0.6) is 0 Å². The van der Waals surface area contributed by atoms with E-state index in [1.54, 1.807) is 0 Å². The molecule has 1 unspecified atom stereocenters. The van der Waals surface area contributed by atoms with Gasteiger partial charge in [-0.3, -0.25) is 0 Å². The Labute approximate surface area is 97.1 Å². The van der Waals surface area contributed by atoms with Crippen molar-refractivity contribution in [3.63, 3.8) is 0 Å². The molecule has 1 aromatic rings. The molecule has 0 heterocycles. The van der Waals surface area contributed by atoms with Crippen molar-refractivity contribution in [1.29, 1.82) is 5.26 Å². The van der Waals surface area contributed by atoms with Crippen LogP contribution >= 0.6 is 0 Å². The normalized spacial score (nSPS) is 19.2. The monoisotopic (exact) mass is 214 g/mol. The van der Waals surface area contributed by atoms with E-state index >= 15 is 0 Å². The average molecular weight is 214 g/mol. The summed E-state index contributed by atoms with van der Waals surface area (Å²) in [4.78, 5) is 0. The van der Waals surface area contributed by atoms with Crippen molar-refractivity contribution in [2.75, 3.05) is 5.73 Å². The minimum atomic E-state index is 0.502. The summed E-state index contributed by atoms with van der Waals surface area (Å²) in [6, 6.07) is 6.26. The molecule has 2 N–H and O–H groups in total. The van der Waals surface area contributed by atoms with Crippen LogP contribution in [0.4, 0.5) is 5.69 Å². The van der Waals surface area contributed by atoms with Crippen molar-refractivity contribution in [2.45, 2.75) is 39.0 Å². The van der Waals surface area contributed by atoms with Crippen molar-refractivity contribution in [1.82, 2.24) is 0 Å². The molecule has 16 heavy (non-hydrogen) atoms. The van der Waals surface area contributed by atoms with Crippen LogP contribution in [0.25, 0.3) is 0 Å². The lowest BCUT2D eigenvalue weighted by Crippen LogP contribution is -2.17. The van der Waals surface area contributed by atoms with Crippen molar-refractivity contribution in [3.8, 4) is 6.07 Å². The highest BCUT2D eigenvalue weighted by molar-refractivity contribution is 5.61. The number of rotatable bonds is 1. The number of nitrogen functional groups attached to an aromatic ring is 1. The Morgan fingerprint density at radius 2 is 2.19 bits per heavy atom. The van der Waals surface area contributed by atoms with E-state index in [1.165, 1.54) is 24.0 Å². The second kappa shape index (κ2) is 4.17. The molecule has 2 nitrogen and oxygen atoms in total. The summed E-state index contributed by atoms with van der Waals surface area (Å²) >= 11 is 0. The molecule has 0 spiro atoms. The molecule has 0 radical (unpaired) electrons. The first-order valence-corrected chi connectivity index (χ1v) is 5.96. The molecule has 0 bridgehead atoms. The standard InChI is InChI=1S/C14H18N2/c1-9(2)11-5-3-4-10-6-7-13(16)12(8-15)14(10)11/h6-7,9,11H,3-5,16H2,1-2H3. The first-order valence-electron chi connectivity index (χ1n) is 5.96. The zero-order chi connectivity index (χ0) is 11.7. The average Bonchev–Trinajstić information content (AvgIpc) is 2.28. The van der Waals surface area contributed by atoms with Crippen LogP contribution in [0.15, 0.2) is 12.1 Å². The smallest absolute Gasteiger partial charge is 0.102 e. The summed E-state index contributed by atoms with van der Waals surface area (Å²) in [6.07, 6.45) is 3.50. The van der Waals surface area contributed by atoms with E-state index in [1.807, 2.05) is 6.07 Å². The second-order valence-electron chi connectivity index (χ2n) is 4.96. The van der Waals surface area contributed by atoms with Gasteiger partial charge >= 0.3 is 0 Å². The second-order valence-corrected chi connectivity index (χ2v) is 4.96. The van der Waals surface area contributed by atoms with Gasteiger partial charge < -0.3 is 5.73 Å². The number of nitriles is 1. The van der Waals surface area contributed by atoms with Gasteiger partial charge in [0, 0.05) is 5.69 Å². The van der Waals surface area contributed by atoms with Gasteiger partial charge in [0.1, 0.15) is 6.07 Å². The van der Waals surface area contributed by atoms with Crippen LogP contribution in [0, 0.1) is 17.2 Å². The van der Waals surface area contributed by atoms with Crippen LogP contribution in [-0.4, -0.2) is 0 Å². The summed E-state index contributed by atoms with van der Waals surface area (Å²) in [5.74, 6) is 1.08. The fraction of sp³-hybridized carbons (Fsp3) is 0.500. The third-order valence-electron chi connectivity index (χ3n) is 3.62. The molecular formula is C14H18N2. The molecule has 84 valence electrons. The Balaban J connectivity index is 2.61. The molecule has 1 atom stereocenters. The predicted molar refractivity (Wildman–Crippen MR) is 66.1 cm³/mol. The lowest BCUT2D eigenvalue weighted by Gasteiger charge is -2.29. The van der Waals surface area contributed by atoms with E-state index in [9.17, 15) is 5.26 Å². The summed E-state index contributed by atoms with van der Waals surface area (Å²) in [5.41, 5.74) is 9.80. The maximum Gasteiger partial charge on any atom is 0.102 e. The number of nitrogens with two attached hydrogens (primary N) is 1. The highest BCUT2D eigenvalue weighted by Crippen LogP contribution is 2.40. The molecule has 0 aliphatic heterocycles. The van der Waals surface area contributed by atoms with Gasteiger partial charge in [-0.2, -0.15) is 5.26 Å². The molecule has 0 aromatic heterocycles. The fourth-order valence-electron chi connectivity index (χ4n) is 2.77. The number of hydrogen-bond acceptors (Lipinski definition) is 2. The Hall–Kier alpha value is -1.49. The van der Waals surface area contributed by atoms with Crippen LogP contribution in [0.1, 0.15) is 49.3 Å². The zero-order valence-corrected chi connectivity index (χ0v) is 9.96. The molecule has 0 saturated carbocycles. The molecule has 0 fully saturated rings. The van der Waals surface area contributed by atoms with Crippen molar-refractivity contribution in [3.05, 3.63) is 28.8 Å². The van der Waals surface area contributed by atoms with Crippen LogP contribution in [-0.2, 0) is 6.42 Å². The topological polar surface area (TPSA) is 49.8 Å². The van der Waals surface area contributed by atoms with Gasteiger partial charge in [-0.05, 0) is 48.3 Å². The van der Waals surface area contributed by atoms with Gasteiger partial charge in [0.15, 0.2) is 0 Å². The number of benzene rings is 1. The van der Waals surface area contributed by atoms with Crippen molar-refractivity contribution < 1.29 is 0 Å². The van der Waals surface area contributed by atoms with Gasteiger partial charge in [0.25, 0.3) is 0 Å². The molecule has 0 amide bonds. The maximum absolute atomic E-state index is 9.24. The SMILES string of the molecule is CC(C)C1CCCc2ccc(N)c(C#N)c21. The van der Waals surface area contributed by atoms with Gasteiger partial charge in [0.05, 0.1) is 5.56 Å². The van der Waals surface area contributed by atoms with E-state index in [4.69, 9.17) is 5.73 Å². The van der Waals surface area contributed by atoms with Crippen LogP contribution in [0.2, 0.25) is 0 Å². The lowest BCUT2D eigenvalue weighted by molar-refractivity contribution is 0.433. The zero-order valence-electron chi connectivity index (χ0n) is 9.96. The molecule has 1 aromatic carbocycles. The lowest BCUT2D eigenvalue weighted by atomic mass is 9.75. The predicted octanol–water partition coefficient (Wildman–Crippen LogP) is 3.22. The van der Waals surface area contributed by atoms with Crippen molar-refractivity contribution >= 4 is 5.69 Å². The number of fused-ring (bicyclic) bond motifs is 1. The van der Waals surface area contributed by atoms with E-state index in [-0.39, 0.29) is 0 Å². The molecular weight excluding hydrogens is 196 g/mol. The number of anilines is 1. The molecule has 0 saturated heterocycles. The third-order valence-corrected chi connectivity index (χ3v) is 3.62. The molecule has 2 heteroatoms. The van der Waals surface area contributed by atoms with Gasteiger partial charge in [-0.1, -0.05) is 19.9 Å². The van der Waals surface area contributed by atoms with Gasteiger partial charge in [-0.15, -0.1) is 0 Å². The van der Waals surface area contributed by atoms with E-state index in [0.29, 0.717) is 17.5 Å². The third kappa shape index (κ3) is 1.67. The number of nitrogens with zero attached hydrogens (tertiary/aromatic N) is 1. The summed E-state index contributed by atoms with van der Waals surface area (Å²) in [7, 11) is 0. The van der Waals surface area contributed by atoms with E-state index in [2.05, 4.69) is 26.0 Å². The molecule has 1 aliphatic carbocycles. The number of hydrogen-bond donors (Lipinski definition) is 1. The van der Waals surface area contributed by atoms with Gasteiger partial charge in [0.2, 0.25) is 0 Å². The number of aryl methyl sites for hydroxylation is 1. The van der Waals surface area contributed by atoms with E-state index in [0.717, 1.165) is 12.0 Å². The van der Waals surface area contributed by atoms with Crippen LogP contribution in [0.3, 0.4) is 0 Å². The van der Waals surface area contributed by atoms with Gasteiger partial charge in [-0.25, -0.2) is 0 Å². The Morgan fingerprint density at radius 3 is 2.81 bits per heavy atom. The minimum absolute atomic E-state index is 0.502. The highest BCUT2D eigenvalue weighted by Gasteiger charge is 2.26. The first-order chi connectivity index (χ1) is 7.65. The highest BCUT2D eigenvalue weighted by atomic mass is 14.6. The first kappa shape index (κ1) is 11.0. The summed E-state index contributed by atoms with van der Waals surface area (Å²) in [5, 5.41) is 9.24. The van der Waals surface area contributed by atoms with E-state index < -0.39 is 0 Å². The Morgan fingerprint density at radius 1 is 1.44 bits per heavy atom. The fourth-order valence-corrected chi connectivity index (χ4v) is 2.77. The summed E-state index contributed by atoms with van der Waals surface area (Å²) < 4.78 is 0. The Bertz CT molecular complexity index is 441.